The van der Waals surface area contributed by atoms with Gasteiger partial charge in [-0.05, 0) is 24.3 Å². The molecule has 1 aliphatic rings. The molecule has 2 rings (SSSR count). The van der Waals surface area contributed by atoms with Gasteiger partial charge in [0.15, 0.2) is 6.23 Å². The van der Waals surface area contributed by atoms with Gasteiger partial charge in [-0.1, -0.05) is 11.6 Å². The summed E-state index contributed by atoms with van der Waals surface area (Å²) < 4.78 is 5.31. The predicted octanol–water partition coefficient (Wildman–Crippen LogP) is -0.448. The number of hydrogen-bond acceptors (Lipinski definition) is 6. The Morgan fingerprint density at radius 3 is 2.26 bits per heavy atom. The summed E-state index contributed by atoms with van der Waals surface area (Å²) in [5, 5.41) is 41.6. The number of anilines is 1. The normalized spacial score (nSPS) is 35.1. The maximum Gasteiger partial charge on any atom is 0.157 e. The molecule has 1 aromatic carbocycles. The lowest BCUT2D eigenvalue weighted by Crippen LogP contribution is -2.60. The molecule has 106 valence electrons. The zero-order valence-corrected chi connectivity index (χ0v) is 10.7. The first kappa shape index (κ1) is 14.5. The lowest BCUT2D eigenvalue weighted by atomic mass is 9.98. The van der Waals surface area contributed by atoms with Crippen LogP contribution in [0, 0.1) is 0 Å². The Morgan fingerprint density at radius 2 is 1.68 bits per heavy atom. The van der Waals surface area contributed by atoms with Crippen LogP contribution >= 0.6 is 11.6 Å². The van der Waals surface area contributed by atoms with Crippen LogP contribution in [0.15, 0.2) is 24.3 Å². The molecule has 0 saturated carbocycles. The predicted molar refractivity (Wildman–Crippen MR) is 68.8 cm³/mol. The molecule has 1 aliphatic heterocycles. The minimum Gasteiger partial charge on any atom is -0.394 e. The molecule has 0 spiro atoms. The Kier molecular flexibility index (Phi) is 4.62. The van der Waals surface area contributed by atoms with E-state index in [1.54, 1.807) is 24.3 Å². The topological polar surface area (TPSA) is 102 Å². The lowest BCUT2D eigenvalue weighted by molar-refractivity contribution is -0.221. The number of rotatable bonds is 3. The third-order valence-electron chi connectivity index (χ3n) is 3.05. The highest BCUT2D eigenvalue weighted by molar-refractivity contribution is 6.30. The maximum atomic E-state index is 9.83. The van der Waals surface area contributed by atoms with E-state index < -0.39 is 37.3 Å². The number of ether oxygens (including phenoxy) is 1. The molecule has 0 amide bonds. The van der Waals surface area contributed by atoms with Gasteiger partial charge in [0.25, 0.3) is 0 Å². The molecule has 1 aromatic rings. The number of aliphatic hydroxyl groups is 4. The van der Waals surface area contributed by atoms with Crippen LogP contribution in [0.2, 0.25) is 5.02 Å². The second kappa shape index (κ2) is 6.04. The molecule has 1 saturated heterocycles. The van der Waals surface area contributed by atoms with Crippen molar-refractivity contribution in [1.82, 2.24) is 0 Å². The molecular weight excluding hydrogens is 274 g/mol. The molecule has 0 unspecified atom stereocenters. The number of halogens is 1. The van der Waals surface area contributed by atoms with Crippen molar-refractivity contribution in [3.63, 3.8) is 0 Å². The largest absolute Gasteiger partial charge is 0.394 e. The standard InChI is InChI=1S/C12H16ClNO5/c13-6-1-3-7(4-2-6)14-12-11(18)10(17)9(16)8(5-15)19-12/h1-4,8-12,14-18H,5H2/t8-,9-,10+,11-,12-/m0/s1. The van der Waals surface area contributed by atoms with E-state index in [2.05, 4.69) is 5.32 Å². The fourth-order valence-electron chi connectivity index (χ4n) is 1.93. The average molecular weight is 290 g/mol. The third-order valence-corrected chi connectivity index (χ3v) is 3.30. The van der Waals surface area contributed by atoms with Gasteiger partial charge in [-0.3, -0.25) is 0 Å². The highest BCUT2D eigenvalue weighted by Crippen LogP contribution is 2.23. The van der Waals surface area contributed by atoms with E-state index in [9.17, 15) is 15.3 Å². The van der Waals surface area contributed by atoms with Gasteiger partial charge in [0.05, 0.1) is 6.61 Å². The minimum absolute atomic E-state index is 0.455. The van der Waals surface area contributed by atoms with Crippen molar-refractivity contribution in [3.8, 4) is 0 Å². The summed E-state index contributed by atoms with van der Waals surface area (Å²) >= 11 is 5.76. The maximum absolute atomic E-state index is 9.83. The summed E-state index contributed by atoms with van der Waals surface area (Å²) in [6.07, 6.45) is -5.92. The summed E-state index contributed by atoms with van der Waals surface area (Å²) in [5.41, 5.74) is 0.633. The molecule has 19 heavy (non-hydrogen) atoms. The molecule has 0 radical (unpaired) electrons. The van der Waals surface area contributed by atoms with Crippen molar-refractivity contribution < 1.29 is 25.2 Å². The van der Waals surface area contributed by atoms with Gasteiger partial charge in [0.1, 0.15) is 24.4 Å². The van der Waals surface area contributed by atoms with Crippen LogP contribution in [0.1, 0.15) is 0 Å². The van der Waals surface area contributed by atoms with Gasteiger partial charge in [-0.2, -0.15) is 0 Å². The average Bonchev–Trinajstić information content (AvgIpc) is 2.42. The van der Waals surface area contributed by atoms with Crippen LogP contribution in [-0.4, -0.2) is 57.7 Å². The van der Waals surface area contributed by atoms with Gasteiger partial charge in [0.2, 0.25) is 0 Å². The Balaban J connectivity index is 2.08. The molecule has 5 N–H and O–H groups in total. The van der Waals surface area contributed by atoms with Crippen molar-refractivity contribution in [1.29, 1.82) is 0 Å². The van der Waals surface area contributed by atoms with Gasteiger partial charge in [-0.15, -0.1) is 0 Å². The molecule has 5 atom stereocenters. The second-order valence-electron chi connectivity index (χ2n) is 4.40. The summed E-state index contributed by atoms with van der Waals surface area (Å²) in [5.74, 6) is 0. The van der Waals surface area contributed by atoms with Crippen molar-refractivity contribution in [2.24, 2.45) is 0 Å². The summed E-state index contributed by atoms with van der Waals surface area (Å²) in [4.78, 5) is 0. The molecule has 6 nitrogen and oxygen atoms in total. The Labute approximate surface area is 115 Å². The van der Waals surface area contributed by atoms with Gasteiger partial charge < -0.3 is 30.5 Å². The molecule has 1 fully saturated rings. The van der Waals surface area contributed by atoms with E-state index in [0.717, 1.165) is 0 Å². The van der Waals surface area contributed by atoms with Crippen molar-refractivity contribution in [3.05, 3.63) is 29.3 Å². The zero-order valence-electron chi connectivity index (χ0n) is 9.98. The van der Waals surface area contributed by atoms with Crippen LogP contribution < -0.4 is 5.32 Å². The van der Waals surface area contributed by atoms with E-state index in [1.807, 2.05) is 0 Å². The smallest absolute Gasteiger partial charge is 0.157 e. The van der Waals surface area contributed by atoms with Crippen LogP contribution in [-0.2, 0) is 4.74 Å². The fraction of sp³-hybridized carbons (Fsp3) is 0.500. The van der Waals surface area contributed by atoms with E-state index in [4.69, 9.17) is 21.4 Å². The summed E-state index contributed by atoms with van der Waals surface area (Å²) in [7, 11) is 0. The van der Waals surface area contributed by atoms with E-state index in [-0.39, 0.29) is 0 Å². The lowest BCUT2D eigenvalue weighted by Gasteiger charge is -2.40. The van der Waals surface area contributed by atoms with Crippen molar-refractivity contribution in [2.75, 3.05) is 11.9 Å². The molecule has 1 heterocycles. The van der Waals surface area contributed by atoms with Crippen LogP contribution in [0.5, 0.6) is 0 Å². The van der Waals surface area contributed by atoms with Crippen LogP contribution in [0.4, 0.5) is 5.69 Å². The number of benzene rings is 1. The number of nitrogens with one attached hydrogen (secondary N) is 1. The first-order valence-electron chi connectivity index (χ1n) is 5.85. The number of hydrogen-bond donors (Lipinski definition) is 5. The fourth-order valence-corrected chi connectivity index (χ4v) is 2.06. The second-order valence-corrected chi connectivity index (χ2v) is 4.84. The van der Waals surface area contributed by atoms with Gasteiger partial charge in [0, 0.05) is 10.7 Å². The van der Waals surface area contributed by atoms with Crippen molar-refractivity contribution >= 4 is 17.3 Å². The Hall–Kier alpha value is -0.890. The highest BCUT2D eigenvalue weighted by Gasteiger charge is 2.43. The molecule has 7 heteroatoms. The van der Waals surface area contributed by atoms with Gasteiger partial charge >= 0.3 is 0 Å². The summed E-state index contributed by atoms with van der Waals surface area (Å²) in [6.45, 7) is -0.455. The monoisotopic (exact) mass is 289 g/mol. The third kappa shape index (κ3) is 3.17. The van der Waals surface area contributed by atoms with E-state index in [1.165, 1.54) is 0 Å². The Morgan fingerprint density at radius 1 is 1.05 bits per heavy atom. The van der Waals surface area contributed by atoms with Crippen LogP contribution in [0.3, 0.4) is 0 Å². The first-order valence-corrected chi connectivity index (χ1v) is 6.23. The SMILES string of the molecule is OC[C@@H]1O[C@H](Nc2ccc(Cl)cc2)[C@@H](O)[C@H](O)[C@H]1O. The molecule has 0 aliphatic carbocycles. The first-order chi connectivity index (χ1) is 9.02. The molecule has 0 aromatic heterocycles. The van der Waals surface area contributed by atoms with E-state index in [0.29, 0.717) is 10.7 Å². The summed E-state index contributed by atoms with van der Waals surface area (Å²) in [6, 6.07) is 6.69. The van der Waals surface area contributed by atoms with Crippen LogP contribution in [0.25, 0.3) is 0 Å². The zero-order chi connectivity index (χ0) is 14.0. The Bertz CT molecular complexity index is 413. The highest BCUT2D eigenvalue weighted by atomic mass is 35.5. The minimum atomic E-state index is -1.39. The quantitative estimate of drug-likeness (QED) is 0.517. The van der Waals surface area contributed by atoms with E-state index >= 15 is 0 Å². The van der Waals surface area contributed by atoms with Crippen molar-refractivity contribution in [2.45, 2.75) is 30.6 Å². The van der Waals surface area contributed by atoms with Gasteiger partial charge in [-0.25, -0.2) is 0 Å². The molecular formula is C12H16ClNO5. The number of aliphatic hydroxyl groups excluding tert-OH is 4. The molecule has 0 bridgehead atoms.